The molecule has 3 rings (SSSR count). The number of nitrogens with one attached hydrogen (secondary N) is 1. The Balaban J connectivity index is 1.61. The van der Waals surface area contributed by atoms with Gasteiger partial charge in [0.05, 0.1) is 27.6 Å². The summed E-state index contributed by atoms with van der Waals surface area (Å²) in [7, 11) is 0. The molecule has 9 heteroatoms. The van der Waals surface area contributed by atoms with Gasteiger partial charge in [0.2, 0.25) is 5.91 Å². The van der Waals surface area contributed by atoms with Crippen LogP contribution in [0.15, 0.2) is 65.8 Å². The maximum Gasteiger partial charge on any atom is 0.273 e. The van der Waals surface area contributed by atoms with Crippen LogP contribution in [0, 0.1) is 17.0 Å². The number of nitro benzene ring substituents is 1. The van der Waals surface area contributed by atoms with Crippen molar-refractivity contribution in [3.8, 4) is 5.75 Å². The van der Waals surface area contributed by atoms with Crippen molar-refractivity contribution in [1.82, 2.24) is 5.43 Å². The number of hydrogen-bond donors (Lipinski definition) is 1. The highest BCUT2D eigenvalue weighted by Crippen LogP contribution is 2.34. The Morgan fingerprint density at radius 2 is 1.84 bits per heavy atom. The number of benzene rings is 3. The molecule has 0 spiro atoms. The summed E-state index contributed by atoms with van der Waals surface area (Å²) in [5.41, 5.74) is 5.18. The molecule has 0 radical (unpaired) electrons. The lowest BCUT2D eigenvalue weighted by atomic mass is 10.1. The second kappa shape index (κ2) is 10.7. The first-order valence-corrected chi connectivity index (χ1v) is 10.3. The number of nitrogens with zero attached hydrogens (tertiary/aromatic N) is 2. The molecule has 0 aliphatic rings. The Kier molecular flexibility index (Phi) is 7.81. The number of carbonyl (C=O) groups is 1. The van der Waals surface area contributed by atoms with Crippen LogP contribution < -0.4 is 10.2 Å². The van der Waals surface area contributed by atoms with Gasteiger partial charge in [-0.15, -0.1) is 0 Å². The van der Waals surface area contributed by atoms with E-state index in [0.717, 1.165) is 11.1 Å². The van der Waals surface area contributed by atoms with Crippen LogP contribution in [0.25, 0.3) is 0 Å². The molecule has 0 saturated carbocycles. The van der Waals surface area contributed by atoms with E-state index in [-0.39, 0.29) is 12.1 Å². The van der Waals surface area contributed by atoms with Crippen molar-refractivity contribution in [1.29, 1.82) is 0 Å². The van der Waals surface area contributed by atoms with Gasteiger partial charge in [-0.25, -0.2) is 5.43 Å². The largest absolute Gasteiger partial charge is 0.486 e. The zero-order valence-electron chi connectivity index (χ0n) is 17.0. The minimum Gasteiger partial charge on any atom is -0.486 e. The van der Waals surface area contributed by atoms with Crippen molar-refractivity contribution in [2.75, 3.05) is 0 Å². The van der Waals surface area contributed by atoms with Crippen LogP contribution in [0.1, 0.15) is 22.3 Å². The molecule has 0 atom stereocenters. The van der Waals surface area contributed by atoms with Crippen LogP contribution in [-0.4, -0.2) is 17.0 Å². The second-order valence-corrected chi connectivity index (χ2v) is 7.76. The summed E-state index contributed by atoms with van der Waals surface area (Å²) in [5.74, 6) is -0.140. The summed E-state index contributed by atoms with van der Waals surface area (Å²) in [6.07, 6.45) is 1.20. The quantitative estimate of drug-likeness (QED) is 0.267. The number of amides is 1. The van der Waals surface area contributed by atoms with Crippen LogP contribution in [0.3, 0.4) is 0 Å². The third kappa shape index (κ3) is 6.29. The molecule has 164 valence electrons. The summed E-state index contributed by atoms with van der Waals surface area (Å²) >= 11 is 12.6. The molecule has 0 bridgehead atoms. The van der Waals surface area contributed by atoms with Crippen LogP contribution in [0.5, 0.6) is 5.75 Å². The number of nitro groups is 1. The SMILES string of the molecule is Cc1cccc(COc2c(Cl)cc(C=NNC(=O)Cc3ccccc3[N+](=O)[O-])cc2Cl)c1. The second-order valence-electron chi connectivity index (χ2n) is 6.95. The maximum atomic E-state index is 12.1. The van der Waals surface area contributed by atoms with Gasteiger partial charge >= 0.3 is 0 Å². The topological polar surface area (TPSA) is 93.8 Å². The molecule has 32 heavy (non-hydrogen) atoms. The molecule has 1 N–H and O–H groups in total. The predicted molar refractivity (Wildman–Crippen MR) is 125 cm³/mol. The number of hydrogen-bond acceptors (Lipinski definition) is 5. The molecular formula is C23H19Cl2N3O4. The number of aryl methyl sites for hydroxylation is 1. The van der Waals surface area contributed by atoms with E-state index in [4.69, 9.17) is 27.9 Å². The Labute approximate surface area is 194 Å². The molecule has 0 heterocycles. The predicted octanol–water partition coefficient (Wildman–Crippen LogP) is 5.48. The van der Waals surface area contributed by atoms with Crippen molar-refractivity contribution < 1.29 is 14.5 Å². The zero-order valence-corrected chi connectivity index (χ0v) is 18.6. The van der Waals surface area contributed by atoms with Crippen LogP contribution in [-0.2, 0) is 17.8 Å². The first kappa shape index (κ1) is 23.2. The van der Waals surface area contributed by atoms with Crippen molar-refractivity contribution in [2.24, 2.45) is 5.10 Å². The van der Waals surface area contributed by atoms with Gasteiger partial charge in [-0.3, -0.25) is 14.9 Å². The molecule has 0 saturated heterocycles. The van der Waals surface area contributed by atoms with E-state index in [0.29, 0.717) is 33.5 Å². The van der Waals surface area contributed by atoms with E-state index in [9.17, 15) is 14.9 Å². The minimum absolute atomic E-state index is 0.119. The van der Waals surface area contributed by atoms with Crippen molar-refractivity contribution >= 4 is 41.0 Å². The Hall–Kier alpha value is -3.42. The van der Waals surface area contributed by atoms with E-state index in [2.05, 4.69) is 10.5 Å². The standard InChI is InChI=1S/C23H19Cl2N3O4/c1-15-5-4-6-16(9-15)14-32-23-19(24)10-17(11-20(23)25)13-26-27-22(29)12-18-7-2-3-8-21(18)28(30)31/h2-11,13H,12,14H2,1H3,(H,27,29). The van der Waals surface area contributed by atoms with E-state index < -0.39 is 10.8 Å². The first-order valence-electron chi connectivity index (χ1n) is 9.55. The highest BCUT2D eigenvalue weighted by Gasteiger charge is 2.15. The van der Waals surface area contributed by atoms with Gasteiger partial charge < -0.3 is 4.74 Å². The van der Waals surface area contributed by atoms with Gasteiger partial charge in [0, 0.05) is 11.6 Å². The van der Waals surface area contributed by atoms with Gasteiger partial charge in [0.15, 0.2) is 5.75 Å². The third-order valence-corrected chi connectivity index (χ3v) is 4.99. The number of para-hydroxylation sites is 1. The van der Waals surface area contributed by atoms with Crippen LogP contribution in [0.4, 0.5) is 5.69 Å². The average molecular weight is 472 g/mol. The Bertz CT molecular complexity index is 1160. The molecule has 0 fully saturated rings. The molecule has 0 aromatic heterocycles. The van der Waals surface area contributed by atoms with Gasteiger partial charge in [-0.2, -0.15) is 5.10 Å². The monoisotopic (exact) mass is 471 g/mol. The van der Waals surface area contributed by atoms with Gasteiger partial charge in [-0.05, 0) is 30.2 Å². The summed E-state index contributed by atoms with van der Waals surface area (Å²) < 4.78 is 5.77. The maximum absolute atomic E-state index is 12.1. The molecule has 1 amide bonds. The van der Waals surface area contributed by atoms with Crippen LogP contribution >= 0.6 is 23.2 Å². The van der Waals surface area contributed by atoms with E-state index in [1.807, 2.05) is 31.2 Å². The van der Waals surface area contributed by atoms with E-state index in [1.165, 1.54) is 18.3 Å². The van der Waals surface area contributed by atoms with E-state index >= 15 is 0 Å². The first-order chi connectivity index (χ1) is 15.3. The molecular weight excluding hydrogens is 453 g/mol. The normalized spacial score (nSPS) is 10.8. The highest BCUT2D eigenvalue weighted by molar-refractivity contribution is 6.37. The van der Waals surface area contributed by atoms with E-state index in [1.54, 1.807) is 24.3 Å². The van der Waals surface area contributed by atoms with Gasteiger partial charge in [-0.1, -0.05) is 71.2 Å². The fourth-order valence-electron chi connectivity index (χ4n) is 2.98. The zero-order chi connectivity index (χ0) is 23.1. The molecule has 7 nitrogen and oxygen atoms in total. The summed E-state index contributed by atoms with van der Waals surface area (Å²) in [4.78, 5) is 22.6. The van der Waals surface area contributed by atoms with Gasteiger partial charge in [0.25, 0.3) is 5.69 Å². The van der Waals surface area contributed by atoms with Crippen molar-refractivity contribution in [3.63, 3.8) is 0 Å². The molecule has 0 unspecified atom stereocenters. The third-order valence-electron chi connectivity index (χ3n) is 4.43. The number of rotatable bonds is 8. The fourth-order valence-corrected chi connectivity index (χ4v) is 3.59. The smallest absolute Gasteiger partial charge is 0.273 e. The average Bonchev–Trinajstić information content (AvgIpc) is 2.73. The molecule has 3 aromatic rings. The molecule has 0 aliphatic heterocycles. The lowest BCUT2D eigenvalue weighted by Crippen LogP contribution is -2.20. The number of halogens is 2. The van der Waals surface area contributed by atoms with Crippen molar-refractivity contribution in [2.45, 2.75) is 20.0 Å². The Morgan fingerprint density at radius 1 is 1.12 bits per heavy atom. The number of carbonyl (C=O) groups excluding carboxylic acids is 1. The lowest BCUT2D eigenvalue weighted by Gasteiger charge is -2.11. The summed E-state index contributed by atoms with van der Waals surface area (Å²) in [5, 5.41) is 15.5. The fraction of sp³-hybridized carbons (Fsp3) is 0.130. The summed E-state index contributed by atoms with van der Waals surface area (Å²) in [6, 6.07) is 17.2. The Morgan fingerprint density at radius 3 is 2.53 bits per heavy atom. The molecule has 3 aromatic carbocycles. The highest BCUT2D eigenvalue weighted by atomic mass is 35.5. The van der Waals surface area contributed by atoms with Gasteiger partial charge in [0.1, 0.15) is 6.61 Å². The number of ether oxygens (including phenoxy) is 1. The van der Waals surface area contributed by atoms with Crippen LogP contribution in [0.2, 0.25) is 10.0 Å². The lowest BCUT2D eigenvalue weighted by molar-refractivity contribution is -0.385. The minimum atomic E-state index is -0.529. The summed E-state index contributed by atoms with van der Waals surface area (Å²) in [6.45, 7) is 2.31. The van der Waals surface area contributed by atoms with Crippen molar-refractivity contribution in [3.05, 3.63) is 103 Å². The molecule has 0 aliphatic carbocycles. The number of hydrazone groups is 1.